The summed E-state index contributed by atoms with van der Waals surface area (Å²) in [5, 5.41) is 0.354. The van der Waals surface area contributed by atoms with Crippen molar-refractivity contribution in [2.24, 2.45) is 0 Å². The quantitative estimate of drug-likeness (QED) is 0.735. The zero-order chi connectivity index (χ0) is 11.5. The first-order valence-electron chi connectivity index (χ1n) is 4.85. The van der Waals surface area contributed by atoms with Gasteiger partial charge < -0.3 is 9.64 Å². The number of benzene rings is 1. The fourth-order valence-electron chi connectivity index (χ4n) is 1.57. The molecule has 1 heterocycles. The number of anilines is 1. The highest BCUT2D eigenvalue weighted by molar-refractivity contribution is 6.33. The van der Waals surface area contributed by atoms with Gasteiger partial charge >= 0.3 is 0 Å². The third kappa shape index (κ3) is 2.08. The molecule has 84 valence electrons. The van der Waals surface area contributed by atoms with Gasteiger partial charge in [-0.25, -0.2) is 0 Å². The summed E-state index contributed by atoms with van der Waals surface area (Å²) in [4.78, 5) is 23.7. The van der Waals surface area contributed by atoms with Crippen LogP contribution in [0.1, 0.15) is 10.4 Å². The van der Waals surface area contributed by atoms with Gasteiger partial charge in [0.2, 0.25) is 0 Å². The van der Waals surface area contributed by atoms with Crippen LogP contribution in [0, 0.1) is 0 Å². The fourth-order valence-corrected chi connectivity index (χ4v) is 1.79. The first kappa shape index (κ1) is 11.1. The minimum absolute atomic E-state index is 0.0903. The molecule has 1 saturated heterocycles. The molecule has 0 atom stereocenters. The average molecular weight is 240 g/mol. The number of carbonyl (C=O) groups excluding carboxylic acids is 2. The molecule has 1 fully saturated rings. The Labute approximate surface area is 97.7 Å². The summed E-state index contributed by atoms with van der Waals surface area (Å²) in [5.74, 6) is -0.0961. The molecule has 0 aromatic heterocycles. The van der Waals surface area contributed by atoms with E-state index in [2.05, 4.69) is 0 Å². The third-order valence-electron chi connectivity index (χ3n) is 2.41. The van der Waals surface area contributed by atoms with Crippen molar-refractivity contribution in [1.82, 2.24) is 0 Å². The number of halogens is 1. The van der Waals surface area contributed by atoms with Gasteiger partial charge in [0.1, 0.15) is 6.61 Å². The summed E-state index contributed by atoms with van der Waals surface area (Å²) < 4.78 is 5.03. The molecule has 0 spiro atoms. The maximum Gasteiger partial charge on any atom is 0.253 e. The molecule has 1 amide bonds. The smallest absolute Gasteiger partial charge is 0.253 e. The Morgan fingerprint density at radius 3 is 2.88 bits per heavy atom. The molecule has 0 saturated carbocycles. The fraction of sp³-hybridized carbons (Fsp3) is 0.273. The molecule has 0 radical (unpaired) electrons. The van der Waals surface area contributed by atoms with Crippen molar-refractivity contribution in [2.45, 2.75) is 0 Å². The number of aldehydes is 1. The Kier molecular flexibility index (Phi) is 3.22. The van der Waals surface area contributed by atoms with Gasteiger partial charge in [0.25, 0.3) is 5.91 Å². The molecule has 1 aromatic rings. The van der Waals surface area contributed by atoms with E-state index < -0.39 is 0 Å². The van der Waals surface area contributed by atoms with E-state index in [1.165, 1.54) is 0 Å². The second-order valence-electron chi connectivity index (χ2n) is 3.42. The second-order valence-corrected chi connectivity index (χ2v) is 3.83. The van der Waals surface area contributed by atoms with Crippen molar-refractivity contribution in [1.29, 1.82) is 0 Å². The maximum absolute atomic E-state index is 11.5. The molecule has 0 unspecified atom stereocenters. The SMILES string of the molecule is O=Cc1ccc(N2CCOCC2=O)cc1Cl. The van der Waals surface area contributed by atoms with Crippen LogP contribution in [-0.2, 0) is 9.53 Å². The van der Waals surface area contributed by atoms with Gasteiger partial charge in [-0.15, -0.1) is 0 Å². The number of rotatable bonds is 2. The van der Waals surface area contributed by atoms with Gasteiger partial charge in [-0.05, 0) is 18.2 Å². The van der Waals surface area contributed by atoms with Gasteiger partial charge in [0.15, 0.2) is 6.29 Å². The van der Waals surface area contributed by atoms with Crippen LogP contribution >= 0.6 is 11.6 Å². The number of hydrogen-bond acceptors (Lipinski definition) is 3. The van der Waals surface area contributed by atoms with Gasteiger partial charge in [0, 0.05) is 17.8 Å². The van der Waals surface area contributed by atoms with Gasteiger partial charge in [-0.3, -0.25) is 9.59 Å². The van der Waals surface area contributed by atoms with E-state index in [1.807, 2.05) is 0 Å². The van der Waals surface area contributed by atoms with Crippen LogP contribution in [0.4, 0.5) is 5.69 Å². The predicted molar refractivity (Wildman–Crippen MR) is 60.0 cm³/mol. The molecule has 0 bridgehead atoms. The lowest BCUT2D eigenvalue weighted by Gasteiger charge is -2.27. The third-order valence-corrected chi connectivity index (χ3v) is 2.74. The molecule has 1 aliphatic heterocycles. The average Bonchev–Trinajstić information content (AvgIpc) is 2.29. The van der Waals surface area contributed by atoms with Crippen molar-refractivity contribution in [2.75, 3.05) is 24.7 Å². The van der Waals surface area contributed by atoms with Crippen molar-refractivity contribution < 1.29 is 14.3 Å². The normalized spacial score (nSPS) is 16.3. The Bertz CT molecular complexity index is 433. The highest BCUT2D eigenvalue weighted by atomic mass is 35.5. The Morgan fingerprint density at radius 1 is 1.44 bits per heavy atom. The maximum atomic E-state index is 11.5. The van der Waals surface area contributed by atoms with Crippen molar-refractivity contribution in [3.05, 3.63) is 28.8 Å². The van der Waals surface area contributed by atoms with Gasteiger partial charge in [-0.2, -0.15) is 0 Å². The number of hydrogen-bond donors (Lipinski definition) is 0. The van der Waals surface area contributed by atoms with E-state index in [4.69, 9.17) is 16.3 Å². The first-order chi connectivity index (χ1) is 7.72. The van der Waals surface area contributed by atoms with Crippen LogP contribution in [0.3, 0.4) is 0 Å². The van der Waals surface area contributed by atoms with Crippen LogP contribution in [0.2, 0.25) is 5.02 Å². The summed E-state index contributed by atoms with van der Waals surface area (Å²) >= 11 is 5.90. The first-order valence-corrected chi connectivity index (χ1v) is 5.23. The van der Waals surface area contributed by atoms with Gasteiger partial charge in [0.05, 0.1) is 11.6 Å². The molecule has 5 heteroatoms. The van der Waals surface area contributed by atoms with Crippen LogP contribution in [0.25, 0.3) is 0 Å². The van der Waals surface area contributed by atoms with E-state index in [-0.39, 0.29) is 12.5 Å². The molecular weight excluding hydrogens is 230 g/mol. The van der Waals surface area contributed by atoms with E-state index in [1.54, 1.807) is 23.1 Å². The van der Waals surface area contributed by atoms with E-state index in [0.717, 1.165) is 0 Å². The number of amides is 1. The second kappa shape index (κ2) is 4.63. The zero-order valence-electron chi connectivity index (χ0n) is 8.48. The van der Waals surface area contributed by atoms with E-state index >= 15 is 0 Å². The Hall–Kier alpha value is -1.39. The topological polar surface area (TPSA) is 46.6 Å². The number of carbonyl (C=O) groups is 2. The minimum Gasteiger partial charge on any atom is -0.370 e. The van der Waals surface area contributed by atoms with Crippen LogP contribution < -0.4 is 4.90 Å². The van der Waals surface area contributed by atoms with Crippen LogP contribution in [0.5, 0.6) is 0 Å². The Balaban J connectivity index is 2.29. The highest BCUT2D eigenvalue weighted by Gasteiger charge is 2.20. The molecule has 2 rings (SSSR count). The Morgan fingerprint density at radius 2 is 2.25 bits per heavy atom. The van der Waals surface area contributed by atoms with Crippen LogP contribution in [0.15, 0.2) is 18.2 Å². The van der Waals surface area contributed by atoms with Crippen molar-refractivity contribution in [3.63, 3.8) is 0 Å². The number of morpholine rings is 1. The summed E-state index contributed by atoms with van der Waals surface area (Å²) in [6.07, 6.45) is 0.688. The lowest BCUT2D eigenvalue weighted by Crippen LogP contribution is -2.41. The van der Waals surface area contributed by atoms with E-state index in [0.29, 0.717) is 35.7 Å². The zero-order valence-corrected chi connectivity index (χ0v) is 9.24. The summed E-state index contributed by atoms with van der Waals surface area (Å²) in [7, 11) is 0. The molecule has 0 aliphatic carbocycles. The summed E-state index contributed by atoms with van der Waals surface area (Å²) in [6.45, 7) is 1.11. The van der Waals surface area contributed by atoms with E-state index in [9.17, 15) is 9.59 Å². The lowest BCUT2D eigenvalue weighted by atomic mass is 10.2. The molecular formula is C11H10ClNO3. The number of nitrogens with zero attached hydrogens (tertiary/aromatic N) is 1. The molecule has 4 nitrogen and oxygen atoms in total. The summed E-state index contributed by atoms with van der Waals surface area (Å²) in [6, 6.07) is 4.93. The molecule has 1 aromatic carbocycles. The van der Waals surface area contributed by atoms with Crippen LogP contribution in [-0.4, -0.2) is 32.0 Å². The lowest BCUT2D eigenvalue weighted by molar-refractivity contribution is -0.125. The largest absolute Gasteiger partial charge is 0.370 e. The standard InChI is InChI=1S/C11H10ClNO3/c12-10-5-9(2-1-8(10)6-14)13-3-4-16-7-11(13)15/h1-2,5-6H,3-4,7H2. The monoisotopic (exact) mass is 239 g/mol. The molecule has 0 N–H and O–H groups in total. The van der Waals surface area contributed by atoms with Crippen molar-refractivity contribution in [3.8, 4) is 0 Å². The van der Waals surface area contributed by atoms with Crippen molar-refractivity contribution >= 4 is 29.5 Å². The predicted octanol–water partition coefficient (Wildman–Crippen LogP) is 1.52. The minimum atomic E-state index is -0.0961. The van der Waals surface area contributed by atoms with Gasteiger partial charge in [-0.1, -0.05) is 11.6 Å². The summed E-state index contributed by atoms with van der Waals surface area (Å²) in [5.41, 5.74) is 1.12. The number of ether oxygens (including phenoxy) is 1. The molecule has 1 aliphatic rings. The molecule has 16 heavy (non-hydrogen) atoms. The highest BCUT2D eigenvalue weighted by Crippen LogP contribution is 2.23.